The summed E-state index contributed by atoms with van der Waals surface area (Å²) in [7, 11) is 0. The van der Waals surface area contributed by atoms with Crippen molar-refractivity contribution in [3.63, 3.8) is 0 Å². The standard InChI is InChI=1S/3C2H3.8CH4.2CH3.5Y/c3*1-2;;;;;;;;;;;;;;;/h3*1H,2H2;8*1H4;2*1H3;;;;;/q3*-1;;;;;;;;;2*-1;;;;;. The van der Waals surface area contributed by atoms with Crippen molar-refractivity contribution >= 4 is 0 Å². The monoisotopic (exact) mass is 684 g/mol. The van der Waals surface area contributed by atoms with Gasteiger partial charge in [-0.05, 0) is 0 Å². The van der Waals surface area contributed by atoms with Crippen molar-refractivity contribution in [2.45, 2.75) is 59.4 Å². The topological polar surface area (TPSA) is 0 Å². The molecule has 131 valence electrons. The Labute approximate surface area is 271 Å². The van der Waals surface area contributed by atoms with Crippen LogP contribution >= 0.6 is 0 Å². The van der Waals surface area contributed by atoms with Gasteiger partial charge in [-0.25, -0.2) is 0 Å². The van der Waals surface area contributed by atoms with Crippen LogP contribution in [0.4, 0.5) is 0 Å². The molecule has 0 amide bonds. The van der Waals surface area contributed by atoms with Crippen molar-refractivity contribution in [1.29, 1.82) is 0 Å². The summed E-state index contributed by atoms with van der Waals surface area (Å²) in [6.45, 7) is 21.0. The molecule has 0 bridgehead atoms. The van der Waals surface area contributed by atoms with Crippen LogP contribution < -0.4 is 0 Å². The van der Waals surface area contributed by atoms with E-state index in [4.69, 9.17) is 0 Å². The van der Waals surface area contributed by atoms with Gasteiger partial charge < -0.3 is 34.6 Å². The number of rotatable bonds is 0. The van der Waals surface area contributed by atoms with Crippen LogP contribution in [-0.2, 0) is 164 Å². The molecule has 0 aromatic rings. The van der Waals surface area contributed by atoms with Gasteiger partial charge in [-0.3, -0.25) is 19.7 Å². The second-order valence-electron chi connectivity index (χ2n) is 0. The van der Waals surface area contributed by atoms with Gasteiger partial charge in [0.2, 0.25) is 0 Å². The summed E-state index contributed by atoms with van der Waals surface area (Å²) in [5.41, 5.74) is 0. The van der Waals surface area contributed by atoms with Gasteiger partial charge in [-0.15, -0.1) is 0 Å². The molecular weight excluding hydrogens is 637 g/mol. The second kappa shape index (κ2) is 621. The molecule has 0 nitrogen and oxygen atoms in total. The van der Waals surface area contributed by atoms with E-state index in [0.717, 1.165) is 0 Å². The van der Waals surface area contributed by atoms with Gasteiger partial charge in [0.15, 0.2) is 0 Å². The van der Waals surface area contributed by atoms with E-state index in [1.165, 1.54) is 0 Å². The van der Waals surface area contributed by atoms with Gasteiger partial charge in [0.1, 0.15) is 0 Å². The normalized spacial score (nSPS) is 0.571. The Bertz CT molecular complexity index is 21.4. The summed E-state index contributed by atoms with van der Waals surface area (Å²) >= 11 is 0. The van der Waals surface area contributed by atoms with E-state index in [9.17, 15) is 0 Å². The van der Waals surface area contributed by atoms with Crippen LogP contribution in [-0.4, -0.2) is 0 Å². The van der Waals surface area contributed by atoms with Crippen LogP contribution in [0.1, 0.15) is 59.4 Å². The van der Waals surface area contributed by atoms with Crippen molar-refractivity contribution in [1.82, 2.24) is 0 Å². The van der Waals surface area contributed by atoms with E-state index in [1.54, 1.807) is 0 Å². The van der Waals surface area contributed by atoms with Gasteiger partial charge in [-0.1, -0.05) is 59.4 Å². The summed E-state index contributed by atoms with van der Waals surface area (Å²) in [5, 5.41) is 0. The van der Waals surface area contributed by atoms with Gasteiger partial charge in [-0.2, -0.15) is 0 Å². The molecule has 5 heteroatoms. The molecule has 0 unspecified atom stereocenters. The molecule has 0 aromatic heterocycles. The Hall–Kier alpha value is 4.74. The third-order valence-corrected chi connectivity index (χ3v) is 0. The molecule has 0 spiro atoms. The minimum Gasteiger partial charge on any atom is -0.521 e. The van der Waals surface area contributed by atoms with E-state index in [1.807, 2.05) is 0 Å². The molecule has 0 saturated heterocycles. The van der Waals surface area contributed by atoms with Crippen molar-refractivity contribution in [2.75, 3.05) is 0 Å². The molecular formula is C16H47Y5-5. The Morgan fingerprint density at radius 2 is 0.286 bits per heavy atom. The molecule has 0 aliphatic heterocycles. The first-order valence-electron chi connectivity index (χ1n) is 1.22. The molecule has 0 N–H and O–H groups in total. The Balaban J connectivity index is -0.000000000296. The number of hydrogen-bond donors (Lipinski definition) is 0. The smallest absolute Gasteiger partial charge is 0 e. The van der Waals surface area contributed by atoms with Crippen LogP contribution in [0, 0.1) is 34.6 Å². The van der Waals surface area contributed by atoms with E-state index >= 15 is 0 Å². The van der Waals surface area contributed by atoms with Crippen LogP contribution in [0.15, 0.2) is 19.7 Å². The predicted octanol–water partition coefficient (Wildman–Crippen LogP) is 7.79. The molecule has 0 aromatic carbocycles. The van der Waals surface area contributed by atoms with Gasteiger partial charge in [0, 0.05) is 164 Å². The van der Waals surface area contributed by atoms with Crippen molar-refractivity contribution in [2.24, 2.45) is 0 Å². The SMILES string of the molecule is C.C.C.C.C.C.C.C.[CH-]=C.[CH-]=C.[CH-]=C.[CH3-].[CH3-].[Y].[Y].[Y].[Y].[Y]. The summed E-state index contributed by atoms with van der Waals surface area (Å²) in [4.78, 5) is 0. The zero-order valence-electron chi connectivity index (χ0n) is 8.74. The van der Waals surface area contributed by atoms with Crippen LogP contribution in [0.5, 0.6) is 0 Å². The Morgan fingerprint density at radius 1 is 0.286 bits per heavy atom. The summed E-state index contributed by atoms with van der Waals surface area (Å²) in [5.74, 6) is 0. The molecule has 0 saturated carbocycles. The largest absolute Gasteiger partial charge is 0.521 e. The van der Waals surface area contributed by atoms with E-state index in [2.05, 4.69) is 39.5 Å². The van der Waals surface area contributed by atoms with Crippen molar-refractivity contribution in [3.8, 4) is 0 Å². The fourth-order valence-corrected chi connectivity index (χ4v) is 0. The van der Waals surface area contributed by atoms with Crippen molar-refractivity contribution in [3.05, 3.63) is 54.3 Å². The van der Waals surface area contributed by atoms with Crippen LogP contribution in [0.3, 0.4) is 0 Å². The molecule has 0 aliphatic carbocycles. The van der Waals surface area contributed by atoms with Gasteiger partial charge in [0.25, 0.3) is 0 Å². The summed E-state index contributed by atoms with van der Waals surface area (Å²) in [6.07, 6.45) is 0. The maximum atomic E-state index is 4.25. The third kappa shape index (κ3) is 569. The second-order valence-corrected chi connectivity index (χ2v) is 0. The van der Waals surface area contributed by atoms with Gasteiger partial charge >= 0.3 is 0 Å². The maximum absolute atomic E-state index is 4.25. The first kappa shape index (κ1) is 263. The molecule has 21 heavy (non-hydrogen) atoms. The average molecular weight is 684 g/mol. The quantitative estimate of drug-likeness (QED) is 0.229. The van der Waals surface area contributed by atoms with Crippen LogP contribution in [0.2, 0.25) is 0 Å². The maximum Gasteiger partial charge on any atom is 0 e. The van der Waals surface area contributed by atoms with Gasteiger partial charge in [0.05, 0.1) is 0 Å². The minimum atomic E-state index is 0. The molecule has 0 atom stereocenters. The molecule has 0 aliphatic rings. The van der Waals surface area contributed by atoms with Crippen molar-refractivity contribution < 1.29 is 164 Å². The molecule has 5 radical (unpaired) electrons. The molecule has 0 fully saturated rings. The number of hydrogen-bond acceptors (Lipinski definition) is 0. The average Bonchev–Trinajstić information content (AvgIpc) is 1.81. The Kier molecular flexibility index (Phi) is 7770. The predicted molar refractivity (Wildman–Crippen MR) is 96.5 cm³/mol. The minimum absolute atomic E-state index is 0. The van der Waals surface area contributed by atoms with E-state index in [-0.39, 0.29) is 238 Å². The zero-order chi connectivity index (χ0) is 6.00. The first-order chi connectivity index (χ1) is 3.00. The zero-order valence-corrected chi connectivity index (χ0v) is 22.9. The molecule has 0 rings (SSSR count). The summed E-state index contributed by atoms with van der Waals surface area (Å²) in [6, 6.07) is 0. The fourth-order valence-electron chi connectivity index (χ4n) is 0. The summed E-state index contributed by atoms with van der Waals surface area (Å²) < 4.78 is 0. The molecule has 0 heterocycles. The van der Waals surface area contributed by atoms with E-state index < -0.39 is 0 Å². The third-order valence-electron chi connectivity index (χ3n) is 0. The van der Waals surface area contributed by atoms with E-state index in [0.29, 0.717) is 0 Å². The van der Waals surface area contributed by atoms with Crippen LogP contribution in [0.25, 0.3) is 0 Å². The Morgan fingerprint density at radius 3 is 0.286 bits per heavy atom. The first-order valence-corrected chi connectivity index (χ1v) is 1.22. The fraction of sp³-hybridized carbons (Fsp3) is 0.500.